The summed E-state index contributed by atoms with van der Waals surface area (Å²) in [6.07, 6.45) is 1.49. The van der Waals surface area contributed by atoms with E-state index in [0.29, 0.717) is 35.3 Å². The van der Waals surface area contributed by atoms with Crippen molar-refractivity contribution >= 4 is 16.8 Å². The third-order valence-electron chi connectivity index (χ3n) is 7.19. The Labute approximate surface area is 229 Å². The Bertz CT molecular complexity index is 1660. The zero-order valence-corrected chi connectivity index (χ0v) is 22.7. The fraction of sp³-hybridized carbons (Fsp3) is 0.206. The van der Waals surface area contributed by atoms with Gasteiger partial charge < -0.3 is 4.90 Å². The van der Waals surface area contributed by atoms with Crippen LogP contribution >= 0.6 is 0 Å². The number of hydrogen-bond acceptors (Lipinski definition) is 3. The van der Waals surface area contributed by atoms with Gasteiger partial charge in [0.2, 0.25) is 0 Å². The van der Waals surface area contributed by atoms with Crippen molar-refractivity contribution in [3.63, 3.8) is 0 Å². The topological polar surface area (TPSA) is 55.2 Å². The molecule has 5 rings (SSSR count). The summed E-state index contributed by atoms with van der Waals surface area (Å²) in [5.41, 5.74) is 5.08. The molecule has 5 aromatic rings. The minimum Gasteiger partial charge on any atom is -0.324 e. The molecule has 0 spiro atoms. The van der Waals surface area contributed by atoms with Crippen molar-refractivity contribution in [1.82, 2.24) is 14.5 Å². The van der Waals surface area contributed by atoms with E-state index < -0.39 is 6.04 Å². The molecular formula is C34H33N3O2. The minimum atomic E-state index is -0.443. The summed E-state index contributed by atoms with van der Waals surface area (Å²) in [7, 11) is 0. The van der Waals surface area contributed by atoms with Gasteiger partial charge in [-0.3, -0.25) is 14.2 Å². The number of benzene rings is 4. The van der Waals surface area contributed by atoms with Gasteiger partial charge in [0.05, 0.1) is 22.6 Å². The number of rotatable bonds is 8. The van der Waals surface area contributed by atoms with E-state index in [2.05, 4.69) is 6.92 Å². The number of aromatic nitrogens is 2. The fourth-order valence-corrected chi connectivity index (χ4v) is 5.08. The van der Waals surface area contributed by atoms with Crippen molar-refractivity contribution in [2.75, 3.05) is 0 Å². The van der Waals surface area contributed by atoms with Gasteiger partial charge in [-0.05, 0) is 72.9 Å². The molecule has 5 heteroatoms. The van der Waals surface area contributed by atoms with Gasteiger partial charge in [-0.2, -0.15) is 0 Å². The van der Waals surface area contributed by atoms with Crippen LogP contribution in [-0.2, 0) is 13.0 Å². The molecule has 1 amide bonds. The summed E-state index contributed by atoms with van der Waals surface area (Å²) < 4.78 is 1.69. The Hall–Kier alpha value is -4.51. The average molecular weight is 516 g/mol. The molecule has 0 bridgehead atoms. The summed E-state index contributed by atoms with van der Waals surface area (Å²) in [4.78, 5) is 35.1. The first kappa shape index (κ1) is 26.1. The third-order valence-corrected chi connectivity index (χ3v) is 7.19. The zero-order valence-electron chi connectivity index (χ0n) is 22.7. The van der Waals surface area contributed by atoms with Crippen molar-refractivity contribution in [3.8, 4) is 5.69 Å². The number of carbonyl (C=O) groups is 1. The lowest BCUT2D eigenvalue weighted by Gasteiger charge is -2.32. The Morgan fingerprint density at radius 1 is 0.846 bits per heavy atom. The normalized spacial score (nSPS) is 11.9. The first-order valence-electron chi connectivity index (χ1n) is 13.5. The van der Waals surface area contributed by atoms with Crippen LogP contribution in [0, 0.1) is 6.92 Å². The number of aryl methyl sites for hydroxylation is 2. The van der Waals surface area contributed by atoms with Crippen LogP contribution in [0.5, 0.6) is 0 Å². The highest BCUT2D eigenvalue weighted by molar-refractivity contribution is 5.94. The van der Waals surface area contributed by atoms with Crippen LogP contribution in [0.25, 0.3) is 16.6 Å². The van der Waals surface area contributed by atoms with Crippen LogP contribution in [0.4, 0.5) is 0 Å². The lowest BCUT2D eigenvalue weighted by Crippen LogP contribution is -2.38. The predicted molar refractivity (Wildman–Crippen MR) is 157 cm³/mol. The molecule has 0 N–H and O–H groups in total. The standard InChI is InChI=1S/C34H33N3O2/c1-4-25-18-20-27(21-19-25)33(38)36(23-26-13-7-6-8-14-26)31(5-2)32-35-30-17-10-9-16-29(30)34(39)37(32)28-15-11-12-24(3)22-28/h6-22,31H,4-5,23H2,1-3H3. The van der Waals surface area contributed by atoms with Gasteiger partial charge in [-0.15, -0.1) is 0 Å². The van der Waals surface area contributed by atoms with E-state index in [1.807, 2.05) is 122 Å². The van der Waals surface area contributed by atoms with Crippen molar-refractivity contribution in [2.24, 2.45) is 0 Å². The highest BCUT2D eigenvalue weighted by Crippen LogP contribution is 2.29. The van der Waals surface area contributed by atoms with Crippen LogP contribution in [0.2, 0.25) is 0 Å². The molecule has 196 valence electrons. The molecule has 4 aromatic carbocycles. The summed E-state index contributed by atoms with van der Waals surface area (Å²) in [5, 5.41) is 0.550. The molecule has 0 aliphatic rings. The highest BCUT2D eigenvalue weighted by Gasteiger charge is 2.30. The summed E-state index contributed by atoms with van der Waals surface area (Å²) in [6.45, 7) is 6.54. The maximum absolute atomic E-state index is 14.2. The van der Waals surface area contributed by atoms with Crippen LogP contribution < -0.4 is 5.56 Å². The van der Waals surface area contributed by atoms with Crippen LogP contribution in [-0.4, -0.2) is 20.4 Å². The summed E-state index contributed by atoms with van der Waals surface area (Å²) in [6, 6.07) is 32.6. The number of fused-ring (bicyclic) bond motifs is 1. The maximum Gasteiger partial charge on any atom is 0.266 e. The van der Waals surface area contributed by atoms with E-state index in [0.717, 1.165) is 23.2 Å². The van der Waals surface area contributed by atoms with Crippen LogP contribution in [0.15, 0.2) is 108 Å². The molecule has 5 nitrogen and oxygen atoms in total. The molecule has 0 aliphatic heterocycles. The van der Waals surface area contributed by atoms with Crippen molar-refractivity contribution in [2.45, 2.75) is 46.2 Å². The van der Waals surface area contributed by atoms with Crippen molar-refractivity contribution in [1.29, 1.82) is 0 Å². The second kappa shape index (κ2) is 11.5. The van der Waals surface area contributed by atoms with Gasteiger partial charge in [0.15, 0.2) is 0 Å². The first-order chi connectivity index (χ1) is 19.0. The second-order valence-electron chi connectivity index (χ2n) is 9.86. The molecule has 1 heterocycles. The molecule has 1 atom stereocenters. The fourth-order valence-electron chi connectivity index (χ4n) is 5.08. The SMILES string of the molecule is CCc1ccc(C(=O)N(Cc2ccccc2)C(CC)c2nc3ccccc3c(=O)n2-c2cccc(C)c2)cc1. The molecule has 0 aliphatic carbocycles. The Morgan fingerprint density at radius 3 is 2.26 bits per heavy atom. The quantitative estimate of drug-likeness (QED) is 0.222. The van der Waals surface area contributed by atoms with E-state index in [-0.39, 0.29) is 11.5 Å². The lowest BCUT2D eigenvalue weighted by atomic mass is 10.0. The molecule has 1 aromatic heterocycles. The number of amides is 1. The largest absolute Gasteiger partial charge is 0.324 e. The van der Waals surface area contributed by atoms with Gasteiger partial charge in [-0.1, -0.05) is 80.6 Å². The molecule has 1 unspecified atom stereocenters. The Kier molecular flexibility index (Phi) is 7.69. The van der Waals surface area contributed by atoms with E-state index in [1.165, 1.54) is 5.56 Å². The summed E-state index contributed by atoms with van der Waals surface area (Å²) >= 11 is 0. The number of para-hydroxylation sites is 1. The van der Waals surface area contributed by atoms with Gasteiger partial charge in [0.25, 0.3) is 11.5 Å². The summed E-state index contributed by atoms with van der Waals surface area (Å²) in [5.74, 6) is 0.466. The van der Waals surface area contributed by atoms with Gasteiger partial charge >= 0.3 is 0 Å². The highest BCUT2D eigenvalue weighted by atomic mass is 16.2. The number of nitrogens with zero attached hydrogens (tertiary/aromatic N) is 3. The Balaban J connectivity index is 1.72. The van der Waals surface area contributed by atoms with E-state index >= 15 is 0 Å². The molecule has 0 saturated heterocycles. The third kappa shape index (κ3) is 5.39. The minimum absolute atomic E-state index is 0.0912. The van der Waals surface area contributed by atoms with Gasteiger partial charge in [-0.25, -0.2) is 4.98 Å². The smallest absolute Gasteiger partial charge is 0.266 e. The van der Waals surface area contributed by atoms with Gasteiger partial charge in [0, 0.05) is 12.1 Å². The van der Waals surface area contributed by atoms with Gasteiger partial charge in [0.1, 0.15) is 5.82 Å². The molecule has 0 saturated carbocycles. The van der Waals surface area contributed by atoms with E-state index in [9.17, 15) is 9.59 Å². The van der Waals surface area contributed by atoms with E-state index in [4.69, 9.17) is 4.98 Å². The molecule has 39 heavy (non-hydrogen) atoms. The second-order valence-corrected chi connectivity index (χ2v) is 9.86. The number of hydrogen-bond donors (Lipinski definition) is 0. The average Bonchev–Trinajstić information content (AvgIpc) is 2.97. The Morgan fingerprint density at radius 2 is 1.56 bits per heavy atom. The van der Waals surface area contributed by atoms with Crippen LogP contribution in [0.3, 0.4) is 0 Å². The van der Waals surface area contributed by atoms with E-state index in [1.54, 1.807) is 4.57 Å². The molecular weight excluding hydrogens is 482 g/mol. The van der Waals surface area contributed by atoms with Crippen LogP contribution in [0.1, 0.15) is 59.2 Å². The number of carbonyl (C=O) groups excluding carboxylic acids is 1. The molecule has 0 fully saturated rings. The monoisotopic (exact) mass is 515 g/mol. The first-order valence-corrected chi connectivity index (χ1v) is 13.5. The zero-order chi connectivity index (χ0) is 27.4. The predicted octanol–water partition coefficient (Wildman–Crippen LogP) is 7.05. The maximum atomic E-state index is 14.2. The molecule has 0 radical (unpaired) electrons. The van der Waals surface area contributed by atoms with Crippen molar-refractivity contribution < 1.29 is 4.79 Å². The van der Waals surface area contributed by atoms with Crippen molar-refractivity contribution in [3.05, 3.63) is 142 Å². The lowest BCUT2D eigenvalue weighted by molar-refractivity contribution is 0.0640.